The first-order valence-electron chi connectivity index (χ1n) is 13.4. The zero-order valence-electron chi connectivity index (χ0n) is 22.4. The average Bonchev–Trinajstić information content (AvgIpc) is 2.84. The monoisotopic (exact) mass is 516 g/mol. The molecule has 0 aliphatic heterocycles. The second-order valence-electron chi connectivity index (χ2n) is 10.7. The number of rotatable bonds is 16. The summed E-state index contributed by atoms with van der Waals surface area (Å²) in [7, 11) is 0. The molecule has 0 aromatic heterocycles. The van der Waals surface area contributed by atoms with Crippen LogP contribution >= 0.6 is 11.6 Å². The number of aliphatic hydroxyl groups is 1. The smallest absolute Gasteiger partial charge is 0.279 e. The van der Waals surface area contributed by atoms with Crippen molar-refractivity contribution in [2.24, 2.45) is 11.3 Å². The maximum absolute atomic E-state index is 13.5. The minimum absolute atomic E-state index is 0.353. The van der Waals surface area contributed by atoms with Gasteiger partial charge in [-0.2, -0.15) is 0 Å². The highest BCUT2D eigenvalue weighted by Crippen LogP contribution is 2.36. The third-order valence-corrected chi connectivity index (χ3v) is 6.88. The Balaban J connectivity index is 2.09. The standard InChI is InChI=1S/C30H45ClN2O3/c1-5-6-7-8-9-10-11-15-22-26(34)27(30(2,3)4)28(36-23-18-13-12-14-19-23)29(35)33-32-25-21-17-16-20-24(25)31/h12-14,16-21,26-28,32,34H,5-11,15,22H2,1-4H3,(H,33,35). The van der Waals surface area contributed by atoms with Crippen LogP contribution in [-0.2, 0) is 4.79 Å². The normalized spacial score (nSPS) is 14.1. The molecule has 200 valence electrons. The number of carbonyl (C=O) groups excluding carboxylic acids is 1. The number of ether oxygens (including phenoxy) is 1. The van der Waals surface area contributed by atoms with E-state index in [1.807, 2.05) is 63.2 Å². The second-order valence-corrected chi connectivity index (χ2v) is 11.1. The molecule has 0 bridgehead atoms. The number of benzene rings is 2. The van der Waals surface area contributed by atoms with Crippen LogP contribution in [0.2, 0.25) is 5.02 Å². The van der Waals surface area contributed by atoms with Crippen LogP contribution in [0.5, 0.6) is 5.75 Å². The Hall–Kier alpha value is -2.24. The van der Waals surface area contributed by atoms with E-state index in [1.165, 1.54) is 38.5 Å². The van der Waals surface area contributed by atoms with Crippen molar-refractivity contribution in [3.63, 3.8) is 0 Å². The summed E-state index contributed by atoms with van der Waals surface area (Å²) in [5, 5.41) is 11.8. The first kappa shape index (κ1) is 30.0. The maximum Gasteiger partial charge on any atom is 0.279 e. The fourth-order valence-electron chi connectivity index (χ4n) is 4.60. The molecule has 3 atom stereocenters. The number of hydrazine groups is 1. The largest absolute Gasteiger partial charge is 0.480 e. The zero-order chi connectivity index (χ0) is 26.4. The van der Waals surface area contributed by atoms with Crippen molar-refractivity contribution in [3.05, 3.63) is 59.6 Å². The molecule has 0 aliphatic rings. The first-order valence-corrected chi connectivity index (χ1v) is 13.8. The van der Waals surface area contributed by atoms with E-state index in [-0.39, 0.29) is 11.3 Å². The van der Waals surface area contributed by atoms with Gasteiger partial charge >= 0.3 is 0 Å². The molecule has 0 radical (unpaired) electrons. The lowest BCUT2D eigenvalue weighted by Crippen LogP contribution is -2.53. The minimum atomic E-state index is -0.897. The molecule has 0 saturated carbocycles. The highest BCUT2D eigenvalue weighted by Gasteiger charge is 2.43. The van der Waals surface area contributed by atoms with E-state index in [0.29, 0.717) is 22.9 Å². The fraction of sp³-hybridized carbons (Fsp3) is 0.567. The number of hydrogen-bond donors (Lipinski definition) is 3. The third kappa shape index (κ3) is 10.4. The summed E-state index contributed by atoms with van der Waals surface area (Å²) in [4.78, 5) is 13.5. The Morgan fingerprint density at radius 3 is 2.11 bits per heavy atom. The lowest BCUT2D eigenvalue weighted by atomic mass is 9.72. The van der Waals surface area contributed by atoms with E-state index in [9.17, 15) is 9.90 Å². The van der Waals surface area contributed by atoms with E-state index >= 15 is 0 Å². The van der Waals surface area contributed by atoms with E-state index in [0.717, 1.165) is 12.8 Å². The molecule has 1 amide bonds. The van der Waals surface area contributed by atoms with Crippen LogP contribution in [0.15, 0.2) is 54.6 Å². The summed E-state index contributed by atoms with van der Waals surface area (Å²) in [6, 6.07) is 16.5. The summed E-state index contributed by atoms with van der Waals surface area (Å²) >= 11 is 6.24. The van der Waals surface area contributed by atoms with Crippen LogP contribution < -0.4 is 15.6 Å². The van der Waals surface area contributed by atoms with Crippen LogP contribution in [-0.4, -0.2) is 23.2 Å². The van der Waals surface area contributed by atoms with Crippen LogP contribution in [0.25, 0.3) is 0 Å². The van der Waals surface area contributed by atoms with Gasteiger partial charge in [0.25, 0.3) is 5.91 Å². The highest BCUT2D eigenvalue weighted by molar-refractivity contribution is 6.33. The van der Waals surface area contributed by atoms with Crippen molar-refractivity contribution in [2.45, 2.75) is 97.7 Å². The molecule has 2 aromatic carbocycles. The van der Waals surface area contributed by atoms with Gasteiger partial charge in [-0.25, -0.2) is 0 Å². The van der Waals surface area contributed by atoms with Crippen LogP contribution in [0, 0.1) is 11.3 Å². The van der Waals surface area contributed by atoms with Gasteiger partial charge in [0.2, 0.25) is 0 Å². The number of hydrogen-bond acceptors (Lipinski definition) is 4. The number of anilines is 1. The lowest BCUT2D eigenvalue weighted by Gasteiger charge is -2.39. The topological polar surface area (TPSA) is 70.6 Å². The Morgan fingerprint density at radius 1 is 0.917 bits per heavy atom. The van der Waals surface area contributed by atoms with Gasteiger partial charge in [-0.3, -0.25) is 15.6 Å². The first-order chi connectivity index (χ1) is 17.2. The van der Waals surface area contributed by atoms with Gasteiger partial charge in [0.05, 0.1) is 16.8 Å². The third-order valence-electron chi connectivity index (χ3n) is 6.55. The van der Waals surface area contributed by atoms with Crippen LogP contribution in [0.1, 0.15) is 85.5 Å². The van der Waals surface area contributed by atoms with Gasteiger partial charge in [-0.05, 0) is 36.1 Å². The molecule has 6 heteroatoms. The predicted octanol–water partition coefficient (Wildman–Crippen LogP) is 7.78. The molecular formula is C30H45ClN2O3. The molecule has 3 N–H and O–H groups in total. The molecule has 5 nitrogen and oxygen atoms in total. The lowest BCUT2D eigenvalue weighted by molar-refractivity contribution is -0.136. The van der Waals surface area contributed by atoms with E-state index in [1.54, 1.807) is 12.1 Å². The van der Waals surface area contributed by atoms with Crippen molar-refractivity contribution < 1.29 is 14.6 Å². The SMILES string of the molecule is CCCCCCCCCCC(O)C(C(Oc1ccccc1)C(=O)NNc1ccccc1Cl)C(C)(C)C. The molecule has 36 heavy (non-hydrogen) atoms. The Morgan fingerprint density at radius 2 is 1.50 bits per heavy atom. The fourth-order valence-corrected chi connectivity index (χ4v) is 4.78. The van der Waals surface area contributed by atoms with E-state index in [2.05, 4.69) is 17.8 Å². The number of carbonyl (C=O) groups is 1. The van der Waals surface area contributed by atoms with Crippen LogP contribution in [0.3, 0.4) is 0 Å². The van der Waals surface area contributed by atoms with Gasteiger partial charge in [-0.15, -0.1) is 0 Å². The Kier molecular flexibility index (Phi) is 13.1. The summed E-state index contributed by atoms with van der Waals surface area (Å²) in [6.45, 7) is 8.37. The quantitative estimate of drug-likeness (QED) is 0.157. The molecule has 2 rings (SSSR count). The molecular weight excluding hydrogens is 472 g/mol. The van der Waals surface area contributed by atoms with Gasteiger partial charge in [0, 0.05) is 5.92 Å². The summed E-state index contributed by atoms with van der Waals surface area (Å²) in [6.07, 6.45) is 8.66. The van der Waals surface area contributed by atoms with E-state index < -0.39 is 18.1 Å². The van der Waals surface area contributed by atoms with Crippen molar-refractivity contribution in [1.29, 1.82) is 0 Å². The number of unbranched alkanes of at least 4 members (excludes halogenated alkanes) is 7. The number of halogens is 1. The van der Waals surface area contributed by atoms with Gasteiger partial charge in [-0.1, -0.05) is 121 Å². The Bertz CT molecular complexity index is 885. The van der Waals surface area contributed by atoms with Gasteiger partial charge in [0.15, 0.2) is 6.10 Å². The summed E-state index contributed by atoms with van der Waals surface area (Å²) in [5.74, 6) is -0.187. The van der Waals surface area contributed by atoms with Crippen molar-refractivity contribution >= 4 is 23.2 Å². The number of nitrogens with one attached hydrogen (secondary N) is 2. The zero-order valence-corrected chi connectivity index (χ0v) is 23.2. The van der Waals surface area contributed by atoms with Crippen LogP contribution in [0.4, 0.5) is 5.69 Å². The average molecular weight is 517 g/mol. The molecule has 0 heterocycles. The molecule has 3 unspecified atom stereocenters. The molecule has 0 aliphatic carbocycles. The predicted molar refractivity (Wildman–Crippen MR) is 150 cm³/mol. The van der Waals surface area contributed by atoms with Gasteiger partial charge in [0.1, 0.15) is 5.75 Å². The number of amides is 1. The van der Waals surface area contributed by atoms with E-state index in [4.69, 9.17) is 16.3 Å². The molecule has 0 fully saturated rings. The molecule has 0 saturated heterocycles. The number of aliphatic hydroxyl groups excluding tert-OH is 1. The summed E-state index contributed by atoms with van der Waals surface area (Å²) in [5.41, 5.74) is 5.89. The summed E-state index contributed by atoms with van der Waals surface area (Å²) < 4.78 is 6.24. The minimum Gasteiger partial charge on any atom is -0.480 e. The number of para-hydroxylation sites is 2. The maximum atomic E-state index is 13.5. The van der Waals surface area contributed by atoms with Gasteiger partial charge < -0.3 is 9.84 Å². The highest BCUT2D eigenvalue weighted by atomic mass is 35.5. The second kappa shape index (κ2) is 15.8. The molecule has 2 aromatic rings. The molecule has 0 spiro atoms. The Labute approximate surface area is 222 Å². The van der Waals surface area contributed by atoms with Crippen molar-refractivity contribution in [2.75, 3.05) is 5.43 Å². The van der Waals surface area contributed by atoms with Crippen molar-refractivity contribution in [1.82, 2.24) is 5.43 Å². The van der Waals surface area contributed by atoms with Crippen molar-refractivity contribution in [3.8, 4) is 5.75 Å².